The summed E-state index contributed by atoms with van der Waals surface area (Å²) in [6, 6.07) is 15.8. The summed E-state index contributed by atoms with van der Waals surface area (Å²) in [6.45, 7) is -0.442. The molecule has 29 heavy (non-hydrogen) atoms. The summed E-state index contributed by atoms with van der Waals surface area (Å²) >= 11 is 0. The highest BCUT2D eigenvalue weighted by atomic mass is 16.5. The average Bonchev–Trinajstić information content (AvgIpc) is 2.72. The molecular weight excluding hydrogens is 372 g/mol. The van der Waals surface area contributed by atoms with E-state index in [2.05, 4.69) is 10.4 Å². The second kappa shape index (κ2) is 8.80. The minimum absolute atomic E-state index is 0.162. The molecule has 8 nitrogen and oxygen atoms in total. The van der Waals surface area contributed by atoms with Gasteiger partial charge in [0.2, 0.25) is 0 Å². The van der Waals surface area contributed by atoms with Crippen LogP contribution in [0.25, 0.3) is 10.8 Å². The molecule has 0 radical (unpaired) electrons. The molecule has 0 saturated carbocycles. The van der Waals surface area contributed by atoms with Gasteiger partial charge in [0.15, 0.2) is 6.61 Å². The maximum absolute atomic E-state index is 12.2. The van der Waals surface area contributed by atoms with E-state index in [1.54, 1.807) is 48.5 Å². The number of esters is 1. The van der Waals surface area contributed by atoms with Crippen molar-refractivity contribution in [2.45, 2.75) is 12.8 Å². The Balaban J connectivity index is 1.60. The molecule has 3 aromatic rings. The maximum Gasteiger partial charge on any atom is 0.312 e. The smallest absolute Gasteiger partial charge is 0.312 e. The second-order valence-corrected chi connectivity index (χ2v) is 6.34. The molecule has 0 aliphatic heterocycles. The number of benzene rings is 2. The summed E-state index contributed by atoms with van der Waals surface area (Å²) in [5, 5.41) is 16.5. The number of anilines is 1. The molecule has 0 fully saturated rings. The molecule has 0 saturated heterocycles. The molecule has 0 aliphatic rings. The maximum atomic E-state index is 12.2. The summed E-state index contributed by atoms with van der Waals surface area (Å²) in [5.41, 5.74) is 1.53. The number of nitrogens with one attached hydrogen (secondary N) is 1. The lowest BCUT2D eigenvalue weighted by Gasteiger charge is -2.09. The lowest BCUT2D eigenvalue weighted by Crippen LogP contribution is -2.24. The summed E-state index contributed by atoms with van der Waals surface area (Å²) in [4.78, 5) is 36.3. The van der Waals surface area contributed by atoms with E-state index in [1.807, 2.05) is 6.07 Å². The first kappa shape index (κ1) is 19.8. The van der Waals surface area contributed by atoms with Crippen molar-refractivity contribution in [3.8, 4) is 6.07 Å². The van der Waals surface area contributed by atoms with E-state index in [0.717, 1.165) is 5.56 Å². The van der Waals surface area contributed by atoms with Crippen molar-refractivity contribution < 1.29 is 14.3 Å². The number of fused-ring (bicyclic) bond motifs is 1. The molecular formula is C21H18N4O4. The highest BCUT2D eigenvalue weighted by molar-refractivity contribution is 5.93. The van der Waals surface area contributed by atoms with E-state index < -0.39 is 18.5 Å². The number of nitrogens with zero attached hydrogens (tertiary/aromatic N) is 3. The van der Waals surface area contributed by atoms with Gasteiger partial charge in [0.05, 0.1) is 30.0 Å². The van der Waals surface area contributed by atoms with Crippen LogP contribution in [0.15, 0.2) is 53.3 Å². The van der Waals surface area contributed by atoms with Crippen LogP contribution in [0.1, 0.15) is 11.3 Å². The first-order chi connectivity index (χ1) is 14.0. The third-order valence-corrected chi connectivity index (χ3v) is 4.23. The number of amides is 1. The van der Waals surface area contributed by atoms with Gasteiger partial charge in [0, 0.05) is 18.1 Å². The minimum atomic E-state index is -0.624. The predicted octanol–water partition coefficient (Wildman–Crippen LogP) is 1.72. The van der Waals surface area contributed by atoms with Gasteiger partial charge in [0.25, 0.3) is 11.5 Å². The van der Waals surface area contributed by atoms with E-state index in [9.17, 15) is 14.4 Å². The van der Waals surface area contributed by atoms with Crippen LogP contribution in [0.3, 0.4) is 0 Å². The lowest BCUT2D eigenvalue weighted by atomic mass is 10.1. The monoisotopic (exact) mass is 390 g/mol. The van der Waals surface area contributed by atoms with Crippen LogP contribution in [-0.4, -0.2) is 28.3 Å². The van der Waals surface area contributed by atoms with Crippen LogP contribution >= 0.6 is 0 Å². The van der Waals surface area contributed by atoms with Crippen molar-refractivity contribution in [3.63, 3.8) is 0 Å². The number of hydrogen-bond acceptors (Lipinski definition) is 6. The Hall–Kier alpha value is -3.99. The number of aromatic nitrogens is 2. The van der Waals surface area contributed by atoms with E-state index >= 15 is 0 Å². The number of aryl methyl sites for hydroxylation is 1. The molecule has 0 unspecified atom stereocenters. The quantitative estimate of drug-likeness (QED) is 0.641. The van der Waals surface area contributed by atoms with Crippen LogP contribution in [0.5, 0.6) is 0 Å². The van der Waals surface area contributed by atoms with Crippen molar-refractivity contribution in [2.75, 3.05) is 11.9 Å². The van der Waals surface area contributed by atoms with Gasteiger partial charge in [0.1, 0.15) is 0 Å². The second-order valence-electron chi connectivity index (χ2n) is 6.34. The number of ether oxygens (including phenoxy) is 1. The predicted molar refractivity (Wildman–Crippen MR) is 106 cm³/mol. The standard InChI is InChI=1S/C21H18N4O4/c1-25-21(28)17-5-3-2-4-16(17)18(24-25)12-20(27)29-13-19(26)23-15-8-6-14(7-9-15)10-11-22/h2-9H,10,12-13H2,1H3,(H,23,26). The molecule has 0 atom stereocenters. The average molecular weight is 390 g/mol. The summed E-state index contributed by atoms with van der Waals surface area (Å²) in [7, 11) is 1.51. The molecule has 1 aromatic heterocycles. The first-order valence-corrected chi connectivity index (χ1v) is 8.84. The van der Waals surface area contributed by atoms with Crippen LogP contribution in [0.4, 0.5) is 5.69 Å². The van der Waals surface area contributed by atoms with Gasteiger partial charge >= 0.3 is 5.97 Å². The number of carbonyl (C=O) groups excluding carboxylic acids is 2. The van der Waals surface area contributed by atoms with Crippen molar-refractivity contribution >= 4 is 28.3 Å². The molecule has 146 valence electrons. The van der Waals surface area contributed by atoms with Crippen molar-refractivity contribution in [1.82, 2.24) is 9.78 Å². The zero-order valence-electron chi connectivity index (χ0n) is 15.7. The molecule has 8 heteroatoms. The fraction of sp³-hybridized carbons (Fsp3) is 0.190. The Morgan fingerprint density at radius 3 is 2.52 bits per heavy atom. The Kier molecular flexibility index (Phi) is 6.00. The molecule has 1 N–H and O–H groups in total. The topological polar surface area (TPSA) is 114 Å². The number of carbonyl (C=O) groups is 2. The van der Waals surface area contributed by atoms with E-state index in [0.29, 0.717) is 28.6 Å². The van der Waals surface area contributed by atoms with Gasteiger partial charge in [-0.1, -0.05) is 30.3 Å². The molecule has 2 aromatic carbocycles. The highest BCUT2D eigenvalue weighted by Gasteiger charge is 2.14. The molecule has 1 heterocycles. The number of rotatable bonds is 6. The Morgan fingerprint density at radius 2 is 1.83 bits per heavy atom. The van der Waals surface area contributed by atoms with Gasteiger partial charge in [-0.05, 0) is 23.8 Å². The normalized spacial score (nSPS) is 10.3. The Labute approximate surface area is 166 Å². The SMILES string of the molecule is Cn1nc(CC(=O)OCC(=O)Nc2ccc(CC#N)cc2)c2ccccc2c1=O. The summed E-state index contributed by atoms with van der Waals surface area (Å²) in [6.07, 6.45) is 0.129. The van der Waals surface area contributed by atoms with Crippen LogP contribution in [0.2, 0.25) is 0 Å². The zero-order valence-corrected chi connectivity index (χ0v) is 15.7. The van der Waals surface area contributed by atoms with Crippen molar-refractivity contribution in [1.29, 1.82) is 5.26 Å². The van der Waals surface area contributed by atoms with Crippen LogP contribution < -0.4 is 10.9 Å². The summed E-state index contributed by atoms with van der Waals surface area (Å²) < 4.78 is 6.21. The van der Waals surface area contributed by atoms with E-state index in [-0.39, 0.29) is 12.0 Å². The van der Waals surface area contributed by atoms with Gasteiger partial charge in [-0.15, -0.1) is 0 Å². The Morgan fingerprint density at radius 1 is 1.14 bits per heavy atom. The van der Waals surface area contributed by atoms with Crippen molar-refractivity contribution in [3.05, 3.63) is 70.1 Å². The third kappa shape index (κ3) is 4.84. The van der Waals surface area contributed by atoms with Gasteiger partial charge in [-0.3, -0.25) is 14.4 Å². The van der Waals surface area contributed by atoms with Gasteiger partial charge in [-0.25, -0.2) is 4.68 Å². The third-order valence-electron chi connectivity index (χ3n) is 4.23. The van der Waals surface area contributed by atoms with Crippen LogP contribution in [0, 0.1) is 11.3 Å². The molecule has 3 rings (SSSR count). The van der Waals surface area contributed by atoms with Crippen molar-refractivity contribution in [2.24, 2.45) is 7.05 Å². The minimum Gasteiger partial charge on any atom is -0.455 e. The highest BCUT2D eigenvalue weighted by Crippen LogP contribution is 2.14. The largest absolute Gasteiger partial charge is 0.455 e. The fourth-order valence-electron chi connectivity index (χ4n) is 2.83. The molecule has 0 spiro atoms. The number of hydrogen-bond donors (Lipinski definition) is 1. The van der Waals surface area contributed by atoms with Gasteiger partial charge < -0.3 is 10.1 Å². The number of nitriles is 1. The van der Waals surface area contributed by atoms with Gasteiger partial charge in [-0.2, -0.15) is 10.4 Å². The molecule has 0 bridgehead atoms. The summed E-state index contributed by atoms with van der Waals surface area (Å²) in [5.74, 6) is -1.11. The Bertz CT molecular complexity index is 1160. The van der Waals surface area contributed by atoms with Crippen LogP contribution in [-0.2, 0) is 34.2 Å². The van der Waals surface area contributed by atoms with E-state index in [1.165, 1.54) is 11.7 Å². The molecule has 0 aliphatic carbocycles. The first-order valence-electron chi connectivity index (χ1n) is 8.84. The molecule has 1 amide bonds. The zero-order chi connectivity index (χ0) is 20.8. The van der Waals surface area contributed by atoms with E-state index in [4.69, 9.17) is 10.00 Å². The lowest BCUT2D eigenvalue weighted by molar-refractivity contribution is -0.146. The fourth-order valence-corrected chi connectivity index (χ4v) is 2.83.